The Labute approximate surface area is 216 Å². The van der Waals surface area contributed by atoms with Gasteiger partial charge >= 0.3 is 0 Å². The molecule has 2 N–H and O–H groups in total. The Morgan fingerprint density at radius 3 is 2.63 bits per heavy atom. The number of likely N-dealkylation sites (tertiary alicyclic amines) is 1. The van der Waals surface area contributed by atoms with E-state index < -0.39 is 28.7 Å². The van der Waals surface area contributed by atoms with Crippen LogP contribution >= 0.6 is 0 Å². The Balaban J connectivity index is 1.66. The van der Waals surface area contributed by atoms with Gasteiger partial charge in [0.15, 0.2) is 11.5 Å². The summed E-state index contributed by atoms with van der Waals surface area (Å²) in [6.45, 7) is 1.09. The van der Waals surface area contributed by atoms with Crippen LogP contribution < -0.4 is 15.6 Å². The minimum absolute atomic E-state index is 0.0147. The average Bonchev–Trinajstić information content (AvgIpc) is 2.93. The predicted octanol–water partition coefficient (Wildman–Crippen LogP) is 2.68. The van der Waals surface area contributed by atoms with E-state index in [4.69, 9.17) is 10.00 Å². The highest BCUT2D eigenvalue weighted by atomic mass is 19.1. The second-order valence-electron chi connectivity index (χ2n) is 9.12. The van der Waals surface area contributed by atoms with E-state index in [-0.39, 0.29) is 47.7 Å². The molecule has 1 aromatic carbocycles. The Morgan fingerprint density at radius 1 is 1.18 bits per heavy atom. The van der Waals surface area contributed by atoms with Crippen molar-refractivity contribution >= 4 is 29.0 Å². The van der Waals surface area contributed by atoms with Gasteiger partial charge in [0.25, 0.3) is 17.4 Å². The highest BCUT2D eigenvalue weighted by Crippen LogP contribution is 2.38. The average molecular weight is 518 g/mol. The Hall–Kier alpha value is -4.72. The SMILES string of the molecule is N#CCCNC(=O)c1c(O)c2ncc(Cc3ccc(F)cc3)c3c2n(c1=O)C=C(C(=O)N1CCCCC1)O3. The number of halogens is 1. The third-order valence-corrected chi connectivity index (χ3v) is 6.58. The van der Waals surface area contributed by atoms with Gasteiger partial charge in [0.2, 0.25) is 5.76 Å². The number of aromatic hydroxyl groups is 1. The van der Waals surface area contributed by atoms with E-state index >= 15 is 0 Å². The number of benzene rings is 1. The molecule has 0 radical (unpaired) electrons. The maximum atomic E-state index is 13.5. The molecule has 4 heterocycles. The number of aromatic nitrogens is 2. The molecule has 0 saturated carbocycles. The van der Waals surface area contributed by atoms with Gasteiger partial charge in [-0.2, -0.15) is 5.26 Å². The Kier molecular flexibility index (Phi) is 6.79. The van der Waals surface area contributed by atoms with Gasteiger partial charge in [-0.15, -0.1) is 0 Å². The Bertz CT molecular complexity index is 1570. The molecule has 2 aliphatic heterocycles. The lowest BCUT2D eigenvalue weighted by molar-refractivity contribution is -0.130. The van der Waals surface area contributed by atoms with E-state index in [9.17, 15) is 23.9 Å². The lowest BCUT2D eigenvalue weighted by Crippen LogP contribution is -2.39. The van der Waals surface area contributed by atoms with Gasteiger partial charge in [-0.3, -0.25) is 23.9 Å². The maximum Gasteiger partial charge on any atom is 0.291 e. The van der Waals surface area contributed by atoms with Crippen molar-refractivity contribution in [2.45, 2.75) is 32.1 Å². The van der Waals surface area contributed by atoms with Gasteiger partial charge < -0.3 is 20.1 Å². The first-order chi connectivity index (χ1) is 18.4. The normalized spacial score (nSPS) is 14.4. The predicted molar refractivity (Wildman–Crippen MR) is 135 cm³/mol. The number of nitrogens with zero attached hydrogens (tertiary/aromatic N) is 4. The lowest BCUT2D eigenvalue weighted by Gasteiger charge is -2.29. The van der Waals surface area contributed by atoms with Gasteiger partial charge in [-0.25, -0.2) is 4.39 Å². The summed E-state index contributed by atoms with van der Waals surface area (Å²) >= 11 is 0. The molecular formula is C27H24FN5O5. The molecule has 0 atom stereocenters. The highest BCUT2D eigenvalue weighted by Gasteiger charge is 2.32. The molecule has 2 aromatic heterocycles. The largest absolute Gasteiger partial charge is 0.505 e. The smallest absolute Gasteiger partial charge is 0.291 e. The van der Waals surface area contributed by atoms with Crippen LogP contribution in [0.15, 0.2) is 41.0 Å². The van der Waals surface area contributed by atoms with Crippen molar-refractivity contribution in [3.8, 4) is 17.6 Å². The number of pyridine rings is 2. The summed E-state index contributed by atoms with van der Waals surface area (Å²) in [5.41, 5.74) is -0.135. The van der Waals surface area contributed by atoms with Gasteiger partial charge in [0.05, 0.1) is 18.7 Å². The van der Waals surface area contributed by atoms with E-state index in [0.717, 1.165) is 29.4 Å². The first kappa shape index (κ1) is 25.0. The van der Waals surface area contributed by atoms with Crippen molar-refractivity contribution in [3.63, 3.8) is 0 Å². The third kappa shape index (κ3) is 4.56. The lowest BCUT2D eigenvalue weighted by atomic mass is 10.0. The molecule has 1 saturated heterocycles. The molecule has 0 bridgehead atoms. The molecule has 11 heteroatoms. The molecule has 0 spiro atoms. The van der Waals surface area contributed by atoms with E-state index in [1.54, 1.807) is 17.0 Å². The summed E-state index contributed by atoms with van der Waals surface area (Å²) in [5.74, 6) is -2.24. The molecule has 2 amide bonds. The molecule has 5 rings (SSSR count). The van der Waals surface area contributed by atoms with E-state index in [1.807, 2.05) is 6.07 Å². The van der Waals surface area contributed by atoms with Crippen LogP contribution in [0.4, 0.5) is 4.39 Å². The fourth-order valence-corrected chi connectivity index (χ4v) is 4.68. The summed E-state index contributed by atoms with van der Waals surface area (Å²) in [6, 6.07) is 7.73. The first-order valence-corrected chi connectivity index (χ1v) is 12.3. The van der Waals surface area contributed by atoms with Crippen molar-refractivity contribution in [1.29, 1.82) is 5.26 Å². The number of ether oxygens (including phenoxy) is 1. The van der Waals surface area contributed by atoms with Crippen LogP contribution in [-0.2, 0) is 11.2 Å². The van der Waals surface area contributed by atoms with Crippen molar-refractivity contribution in [2.75, 3.05) is 19.6 Å². The zero-order chi connectivity index (χ0) is 26.8. The molecular weight excluding hydrogens is 493 g/mol. The minimum Gasteiger partial charge on any atom is -0.505 e. The number of carbonyl (C=O) groups is 2. The van der Waals surface area contributed by atoms with E-state index in [2.05, 4.69) is 10.3 Å². The standard InChI is InChI=1S/C27H24FN5O5/c28-18-7-5-16(6-8-18)13-17-14-31-21-22-24(17)38-19(26(36)32-11-2-1-3-12-32)15-33(22)27(37)20(23(21)34)25(35)30-10-4-9-29/h5-8,14-15,34H,1-4,10-13H2,(H,30,35). The summed E-state index contributed by atoms with van der Waals surface area (Å²) < 4.78 is 20.6. The number of nitrogens with one attached hydrogen (secondary N) is 1. The minimum atomic E-state index is -0.865. The van der Waals surface area contributed by atoms with Crippen LogP contribution in [-0.4, -0.2) is 51.0 Å². The first-order valence-electron chi connectivity index (χ1n) is 12.3. The van der Waals surface area contributed by atoms with Crippen molar-refractivity contribution in [3.05, 3.63) is 69.1 Å². The van der Waals surface area contributed by atoms with Crippen LogP contribution in [0.2, 0.25) is 0 Å². The Morgan fingerprint density at radius 2 is 1.92 bits per heavy atom. The number of carbonyl (C=O) groups excluding carboxylic acids is 2. The second kappa shape index (κ2) is 10.3. The third-order valence-electron chi connectivity index (χ3n) is 6.58. The summed E-state index contributed by atoms with van der Waals surface area (Å²) in [6.07, 6.45) is 5.64. The second-order valence-corrected chi connectivity index (χ2v) is 9.12. The quantitative estimate of drug-likeness (QED) is 0.480. The number of rotatable bonds is 6. The van der Waals surface area contributed by atoms with Crippen LogP contribution in [0, 0.1) is 17.1 Å². The van der Waals surface area contributed by atoms with Gasteiger partial charge in [0.1, 0.15) is 22.4 Å². The number of piperidine rings is 1. The molecule has 194 valence electrons. The van der Waals surface area contributed by atoms with Crippen LogP contribution in [0.5, 0.6) is 11.5 Å². The van der Waals surface area contributed by atoms with Crippen LogP contribution in [0.1, 0.15) is 47.2 Å². The molecule has 3 aromatic rings. The van der Waals surface area contributed by atoms with Gasteiger partial charge in [-0.05, 0) is 37.0 Å². The van der Waals surface area contributed by atoms with Crippen LogP contribution in [0.25, 0.3) is 17.2 Å². The van der Waals surface area contributed by atoms with Gasteiger partial charge in [0, 0.05) is 37.8 Å². The summed E-state index contributed by atoms with van der Waals surface area (Å²) in [4.78, 5) is 45.7. The number of hydrogen-bond donors (Lipinski definition) is 2. The van der Waals surface area contributed by atoms with E-state index in [0.29, 0.717) is 18.7 Å². The zero-order valence-electron chi connectivity index (χ0n) is 20.4. The van der Waals surface area contributed by atoms with Crippen molar-refractivity contribution in [1.82, 2.24) is 19.8 Å². The summed E-state index contributed by atoms with van der Waals surface area (Å²) in [5, 5.41) is 22.1. The van der Waals surface area contributed by atoms with E-state index in [1.165, 1.54) is 24.5 Å². The van der Waals surface area contributed by atoms with Crippen LogP contribution in [0.3, 0.4) is 0 Å². The number of nitriles is 1. The molecule has 1 fully saturated rings. The molecule has 0 unspecified atom stereocenters. The number of amides is 2. The monoisotopic (exact) mass is 517 g/mol. The topological polar surface area (TPSA) is 138 Å². The fraction of sp³-hybridized carbons (Fsp3) is 0.296. The van der Waals surface area contributed by atoms with Gasteiger partial charge in [-0.1, -0.05) is 12.1 Å². The number of hydrogen-bond acceptors (Lipinski definition) is 7. The maximum absolute atomic E-state index is 13.5. The molecule has 0 aliphatic carbocycles. The van der Waals surface area contributed by atoms with Crippen molar-refractivity contribution in [2.24, 2.45) is 0 Å². The molecule has 10 nitrogen and oxygen atoms in total. The highest BCUT2D eigenvalue weighted by molar-refractivity contribution is 6.04. The van der Waals surface area contributed by atoms with Crippen molar-refractivity contribution < 1.29 is 23.8 Å². The fourth-order valence-electron chi connectivity index (χ4n) is 4.68. The summed E-state index contributed by atoms with van der Waals surface area (Å²) in [7, 11) is 0. The zero-order valence-corrected chi connectivity index (χ0v) is 20.4. The molecule has 2 aliphatic rings. The molecule has 38 heavy (non-hydrogen) atoms.